The maximum absolute atomic E-state index is 12.5. The Bertz CT molecular complexity index is 917. The van der Waals surface area contributed by atoms with Crippen molar-refractivity contribution in [1.29, 1.82) is 5.26 Å². The molecule has 0 atom stereocenters. The fourth-order valence-electron chi connectivity index (χ4n) is 2.47. The molecule has 24 heavy (non-hydrogen) atoms. The van der Waals surface area contributed by atoms with Gasteiger partial charge in [0.1, 0.15) is 19.3 Å². The van der Waals surface area contributed by atoms with Crippen LogP contribution >= 0.6 is 0 Å². The number of benzene rings is 2. The second kappa shape index (κ2) is 6.51. The van der Waals surface area contributed by atoms with Crippen LogP contribution in [0, 0.1) is 18.3 Å². The van der Waals surface area contributed by atoms with Gasteiger partial charge in [-0.1, -0.05) is 12.1 Å². The molecule has 7 heteroatoms. The van der Waals surface area contributed by atoms with Crippen LogP contribution in [0.15, 0.2) is 41.3 Å². The van der Waals surface area contributed by atoms with E-state index in [1.54, 1.807) is 18.2 Å². The second-order valence-corrected chi connectivity index (χ2v) is 7.09. The van der Waals surface area contributed by atoms with Gasteiger partial charge in [-0.3, -0.25) is 0 Å². The third kappa shape index (κ3) is 3.20. The smallest absolute Gasteiger partial charge is 0.242 e. The van der Waals surface area contributed by atoms with Gasteiger partial charge < -0.3 is 9.47 Å². The van der Waals surface area contributed by atoms with E-state index in [0.717, 1.165) is 11.1 Å². The van der Waals surface area contributed by atoms with Gasteiger partial charge in [0.05, 0.1) is 10.5 Å². The Morgan fingerprint density at radius 3 is 2.54 bits per heavy atom. The van der Waals surface area contributed by atoms with Gasteiger partial charge >= 0.3 is 0 Å². The molecular formula is C17H16N2O4S. The molecule has 124 valence electrons. The predicted molar refractivity (Wildman–Crippen MR) is 87.4 cm³/mol. The van der Waals surface area contributed by atoms with Gasteiger partial charge in [0, 0.05) is 6.54 Å². The maximum Gasteiger partial charge on any atom is 0.242 e. The summed E-state index contributed by atoms with van der Waals surface area (Å²) in [6.45, 7) is 2.95. The topological polar surface area (TPSA) is 88.4 Å². The van der Waals surface area contributed by atoms with E-state index in [4.69, 9.17) is 14.7 Å². The van der Waals surface area contributed by atoms with E-state index >= 15 is 0 Å². The molecule has 0 saturated carbocycles. The summed E-state index contributed by atoms with van der Waals surface area (Å²) in [4.78, 5) is -0.0253. The standard InChI is InChI=1S/C17H16N2O4S/c1-12-8-15-16(23-7-6-22-15)9-14(12)11-19-24(20,21)17-5-3-2-4-13(17)10-18/h2-5,8-9,19H,6-7,11H2,1H3. The van der Waals surface area contributed by atoms with E-state index in [2.05, 4.69) is 4.72 Å². The van der Waals surface area contributed by atoms with Crippen molar-refractivity contribution in [3.8, 4) is 17.6 Å². The fourth-order valence-corrected chi connectivity index (χ4v) is 3.63. The summed E-state index contributed by atoms with van der Waals surface area (Å²) in [7, 11) is -3.78. The zero-order valence-electron chi connectivity index (χ0n) is 13.1. The van der Waals surface area contributed by atoms with Crippen molar-refractivity contribution in [2.75, 3.05) is 13.2 Å². The van der Waals surface area contributed by atoms with Crippen molar-refractivity contribution in [2.24, 2.45) is 0 Å². The Balaban J connectivity index is 1.84. The molecule has 1 heterocycles. The number of hydrogen-bond donors (Lipinski definition) is 1. The van der Waals surface area contributed by atoms with Gasteiger partial charge in [0.2, 0.25) is 10.0 Å². The van der Waals surface area contributed by atoms with Crippen LogP contribution < -0.4 is 14.2 Å². The lowest BCUT2D eigenvalue weighted by molar-refractivity contribution is 0.171. The van der Waals surface area contributed by atoms with E-state index in [9.17, 15) is 8.42 Å². The monoisotopic (exact) mass is 344 g/mol. The first-order valence-corrected chi connectivity index (χ1v) is 8.87. The third-order valence-electron chi connectivity index (χ3n) is 3.75. The van der Waals surface area contributed by atoms with Gasteiger partial charge in [-0.25, -0.2) is 13.1 Å². The van der Waals surface area contributed by atoms with Crippen LogP contribution in [0.4, 0.5) is 0 Å². The summed E-state index contributed by atoms with van der Waals surface area (Å²) >= 11 is 0. The van der Waals surface area contributed by atoms with E-state index < -0.39 is 10.0 Å². The second-order valence-electron chi connectivity index (χ2n) is 5.35. The van der Waals surface area contributed by atoms with Crippen LogP contribution in [-0.2, 0) is 16.6 Å². The van der Waals surface area contributed by atoms with Crippen molar-refractivity contribution in [3.05, 3.63) is 53.1 Å². The quantitative estimate of drug-likeness (QED) is 0.918. The van der Waals surface area contributed by atoms with Gasteiger partial charge in [0.15, 0.2) is 11.5 Å². The number of nitrogens with one attached hydrogen (secondary N) is 1. The first-order valence-electron chi connectivity index (χ1n) is 7.39. The molecule has 0 spiro atoms. The SMILES string of the molecule is Cc1cc2c(cc1CNS(=O)(=O)c1ccccc1C#N)OCCO2. The first kappa shape index (κ1) is 16.3. The van der Waals surface area contributed by atoms with Crippen LogP contribution in [0.3, 0.4) is 0 Å². The zero-order valence-corrected chi connectivity index (χ0v) is 13.9. The van der Waals surface area contributed by atoms with Crippen molar-refractivity contribution in [3.63, 3.8) is 0 Å². The molecule has 0 aliphatic carbocycles. The molecule has 0 fully saturated rings. The lowest BCUT2D eigenvalue weighted by Gasteiger charge is -2.20. The Morgan fingerprint density at radius 1 is 1.17 bits per heavy atom. The molecule has 0 radical (unpaired) electrons. The molecule has 6 nitrogen and oxygen atoms in total. The largest absolute Gasteiger partial charge is 0.486 e. The lowest BCUT2D eigenvalue weighted by Crippen LogP contribution is -2.24. The summed E-state index contributed by atoms with van der Waals surface area (Å²) in [5, 5.41) is 9.07. The van der Waals surface area contributed by atoms with Crippen LogP contribution in [-0.4, -0.2) is 21.6 Å². The maximum atomic E-state index is 12.5. The van der Waals surface area contributed by atoms with Gasteiger partial charge in [-0.2, -0.15) is 5.26 Å². The third-order valence-corrected chi connectivity index (χ3v) is 5.21. The number of fused-ring (bicyclic) bond motifs is 1. The number of sulfonamides is 1. The number of hydrogen-bond acceptors (Lipinski definition) is 5. The van der Waals surface area contributed by atoms with Crippen molar-refractivity contribution in [1.82, 2.24) is 4.72 Å². The molecule has 0 unspecified atom stereocenters. The normalized spacial score (nSPS) is 13.3. The Kier molecular flexibility index (Phi) is 4.42. The Morgan fingerprint density at radius 2 is 1.83 bits per heavy atom. The van der Waals surface area contributed by atoms with Gasteiger partial charge in [0.25, 0.3) is 0 Å². The summed E-state index contributed by atoms with van der Waals surface area (Å²) in [6.07, 6.45) is 0. The minimum Gasteiger partial charge on any atom is -0.486 e. The fraction of sp³-hybridized carbons (Fsp3) is 0.235. The number of nitriles is 1. The number of nitrogens with zero attached hydrogens (tertiary/aromatic N) is 1. The van der Waals surface area contributed by atoms with Crippen LogP contribution in [0.25, 0.3) is 0 Å². The number of aryl methyl sites for hydroxylation is 1. The van der Waals surface area contributed by atoms with Gasteiger partial charge in [-0.15, -0.1) is 0 Å². The Labute approximate surface area is 140 Å². The molecule has 1 aliphatic rings. The van der Waals surface area contributed by atoms with Crippen molar-refractivity contribution >= 4 is 10.0 Å². The Hall–Kier alpha value is -2.56. The van der Waals surface area contributed by atoms with E-state index in [1.165, 1.54) is 12.1 Å². The van der Waals surface area contributed by atoms with Crippen LogP contribution in [0.2, 0.25) is 0 Å². The highest BCUT2D eigenvalue weighted by molar-refractivity contribution is 7.89. The first-order chi connectivity index (χ1) is 11.5. The van der Waals surface area contributed by atoms with Crippen molar-refractivity contribution in [2.45, 2.75) is 18.4 Å². The minimum atomic E-state index is -3.78. The van der Waals surface area contributed by atoms with Gasteiger partial charge in [-0.05, 0) is 42.3 Å². The average Bonchev–Trinajstić information content (AvgIpc) is 2.60. The number of ether oxygens (including phenoxy) is 2. The summed E-state index contributed by atoms with van der Waals surface area (Å²) in [5.41, 5.74) is 1.80. The van der Waals surface area contributed by atoms with Crippen LogP contribution in [0.1, 0.15) is 16.7 Å². The van der Waals surface area contributed by atoms with Crippen LogP contribution in [0.5, 0.6) is 11.5 Å². The average molecular weight is 344 g/mol. The molecule has 0 saturated heterocycles. The highest BCUT2D eigenvalue weighted by atomic mass is 32.2. The van der Waals surface area contributed by atoms with E-state index in [0.29, 0.717) is 24.7 Å². The summed E-state index contributed by atoms with van der Waals surface area (Å²) in [5.74, 6) is 1.28. The zero-order chi connectivity index (χ0) is 17.2. The van der Waals surface area contributed by atoms with Crippen molar-refractivity contribution < 1.29 is 17.9 Å². The minimum absolute atomic E-state index is 0.0253. The predicted octanol–water partition coefficient (Wildman–Crippen LogP) is 2.12. The molecule has 3 rings (SSSR count). The number of rotatable bonds is 4. The molecule has 2 aromatic carbocycles. The lowest BCUT2D eigenvalue weighted by atomic mass is 10.1. The molecule has 0 bridgehead atoms. The van der Waals surface area contributed by atoms with E-state index in [1.807, 2.05) is 19.1 Å². The molecule has 1 N–H and O–H groups in total. The summed E-state index contributed by atoms with van der Waals surface area (Å²) < 4.78 is 38.5. The molecule has 0 aromatic heterocycles. The molecule has 0 amide bonds. The van der Waals surface area contributed by atoms with E-state index in [-0.39, 0.29) is 17.0 Å². The highest BCUT2D eigenvalue weighted by Crippen LogP contribution is 2.33. The summed E-state index contributed by atoms with van der Waals surface area (Å²) in [6, 6.07) is 11.6. The molecule has 2 aromatic rings. The molecule has 1 aliphatic heterocycles. The highest BCUT2D eigenvalue weighted by Gasteiger charge is 2.19. The molecular weight excluding hydrogens is 328 g/mol.